The van der Waals surface area contributed by atoms with Crippen LogP contribution < -0.4 is 5.32 Å². The Balaban J connectivity index is 0.000000134. The van der Waals surface area contributed by atoms with Crippen LogP contribution in [0.4, 0.5) is 5.69 Å². The molecular formula is C19H26N2O. The number of nitrogens with one attached hydrogen (secondary N) is 1. The summed E-state index contributed by atoms with van der Waals surface area (Å²) in [6.07, 6.45) is 8.03. The molecule has 0 heterocycles. The van der Waals surface area contributed by atoms with Gasteiger partial charge >= 0.3 is 0 Å². The van der Waals surface area contributed by atoms with Gasteiger partial charge in [0, 0.05) is 12.2 Å². The third kappa shape index (κ3) is 3.44. The summed E-state index contributed by atoms with van der Waals surface area (Å²) in [7, 11) is 0. The molecule has 118 valence electrons. The molecule has 0 aliphatic heterocycles. The first-order valence-corrected chi connectivity index (χ1v) is 8.54. The quantitative estimate of drug-likeness (QED) is 0.892. The molecule has 0 saturated heterocycles. The summed E-state index contributed by atoms with van der Waals surface area (Å²) in [6, 6.07) is 12.4. The van der Waals surface area contributed by atoms with Gasteiger partial charge in [0.15, 0.2) is 0 Å². The van der Waals surface area contributed by atoms with Gasteiger partial charge in [-0.2, -0.15) is 5.26 Å². The predicted molar refractivity (Wildman–Crippen MR) is 88.2 cm³/mol. The SMILES string of the molecule is N#CC12CC3CC(CC(C3)C1)C2.OCCNc1ccccc1. The number of benzene rings is 1. The molecule has 2 N–H and O–H groups in total. The molecule has 1 aromatic rings. The highest BCUT2D eigenvalue weighted by atomic mass is 16.3. The number of aliphatic hydroxyl groups excluding tert-OH is 1. The van der Waals surface area contributed by atoms with Crippen LogP contribution >= 0.6 is 0 Å². The first kappa shape index (κ1) is 15.4. The van der Waals surface area contributed by atoms with Crippen LogP contribution in [0.5, 0.6) is 0 Å². The summed E-state index contributed by atoms with van der Waals surface area (Å²) in [6.45, 7) is 0.791. The summed E-state index contributed by atoms with van der Waals surface area (Å²) in [4.78, 5) is 0. The largest absolute Gasteiger partial charge is 0.395 e. The zero-order valence-corrected chi connectivity index (χ0v) is 13.2. The lowest BCUT2D eigenvalue weighted by Crippen LogP contribution is -2.45. The van der Waals surface area contributed by atoms with Crippen molar-refractivity contribution < 1.29 is 5.11 Å². The van der Waals surface area contributed by atoms with Crippen molar-refractivity contribution in [3.8, 4) is 6.07 Å². The Morgan fingerprint density at radius 1 is 1.05 bits per heavy atom. The van der Waals surface area contributed by atoms with E-state index < -0.39 is 0 Å². The monoisotopic (exact) mass is 298 g/mol. The normalized spacial score (nSPS) is 34.5. The molecule has 0 spiro atoms. The second kappa shape index (κ2) is 6.71. The standard InChI is InChI=1S/C11H15N.C8H11NO/c12-7-11-4-8-1-9(5-11)3-10(2-8)6-11;10-7-6-9-8-4-2-1-3-5-8/h8-10H,1-6H2;1-5,9-10H,6-7H2. The van der Waals surface area contributed by atoms with Gasteiger partial charge in [0.25, 0.3) is 0 Å². The average Bonchev–Trinajstić information content (AvgIpc) is 2.53. The minimum absolute atomic E-state index is 0.148. The van der Waals surface area contributed by atoms with E-state index >= 15 is 0 Å². The van der Waals surface area contributed by atoms with Gasteiger partial charge in [0.05, 0.1) is 18.1 Å². The molecule has 22 heavy (non-hydrogen) atoms. The molecule has 0 atom stereocenters. The fourth-order valence-electron chi connectivity index (χ4n) is 5.00. The van der Waals surface area contributed by atoms with Gasteiger partial charge in [-0.3, -0.25) is 0 Å². The molecule has 0 amide bonds. The third-order valence-electron chi connectivity index (χ3n) is 5.49. The molecule has 4 fully saturated rings. The van der Waals surface area contributed by atoms with E-state index in [-0.39, 0.29) is 12.0 Å². The minimum atomic E-state index is 0.148. The highest BCUT2D eigenvalue weighted by Crippen LogP contribution is 2.59. The number of aliphatic hydroxyl groups is 1. The maximum Gasteiger partial charge on any atom is 0.0690 e. The Bertz CT molecular complexity index is 485. The van der Waals surface area contributed by atoms with Crippen molar-refractivity contribution in [2.45, 2.75) is 38.5 Å². The lowest BCUT2D eigenvalue weighted by Gasteiger charge is -2.53. The Labute approximate surface area is 133 Å². The first-order chi connectivity index (χ1) is 10.7. The summed E-state index contributed by atoms with van der Waals surface area (Å²) >= 11 is 0. The summed E-state index contributed by atoms with van der Waals surface area (Å²) in [5.74, 6) is 2.78. The molecular weight excluding hydrogens is 272 g/mol. The van der Waals surface area contributed by atoms with Crippen LogP contribution in [0.15, 0.2) is 30.3 Å². The highest BCUT2D eigenvalue weighted by molar-refractivity contribution is 5.42. The Kier molecular flexibility index (Phi) is 4.69. The lowest BCUT2D eigenvalue weighted by atomic mass is 9.50. The van der Waals surface area contributed by atoms with Crippen molar-refractivity contribution in [3.63, 3.8) is 0 Å². The van der Waals surface area contributed by atoms with Crippen LogP contribution in [0.1, 0.15) is 38.5 Å². The number of hydrogen-bond acceptors (Lipinski definition) is 3. The summed E-state index contributed by atoms with van der Waals surface area (Å²) in [5, 5.41) is 20.7. The van der Waals surface area contributed by atoms with E-state index in [2.05, 4.69) is 11.4 Å². The molecule has 0 radical (unpaired) electrons. The molecule has 0 unspecified atom stereocenters. The van der Waals surface area contributed by atoms with E-state index in [1.165, 1.54) is 38.5 Å². The van der Waals surface area contributed by atoms with Crippen LogP contribution in [0.2, 0.25) is 0 Å². The van der Waals surface area contributed by atoms with Crippen molar-refractivity contribution in [2.24, 2.45) is 23.2 Å². The van der Waals surface area contributed by atoms with E-state index in [1.807, 2.05) is 30.3 Å². The van der Waals surface area contributed by atoms with Crippen molar-refractivity contribution >= 4 is 5.69 Å². The second-order valence-electron chi connectivity index (χ2n) is 7.33. The zero-order valence-electron chi connectivity index (χ0n) is 13.2. The molecule has 1 aromatic carbocycles. The van der Waals surface area contributed by atoms with E-state index in [4.69, 9.17) is 5.11 Å². The molecule has 3 heteroatoms. The van der Waals surface area contributed by atoms with Crippen molar-refractivity contribution in [1.29, 1.82) is 5.26 Å². The van der Waals surface area contributed by atoms with Gasteiger partial charge in [-0.1, -0.05) is 18.2 Å². The average molecular weight is 298 g/mol. The lowest BCUT2D eigenvalue weighted by molar-refractivity contribution is -0.0192. The molecule has 4 saturated carbocycles. The number of nitriles is 1. The molecule has 3 nitrogen and oxygen atoms in total. The first-order valence-electron chi connectivity index (χ1n) is 8.54. The zero-order chi connectivity index (χ0) is 15.4. The summed E-state index contributed by atoms with van der Waals surface area (Å²) in [5.41, 5.74) is 1.20. The van der Waals surface area contributed by atoms with Gasteiger partial charge in [-0.05, 0) is 68.4 Å². The Morgan fingerprint density at radius 2 is 1.59 bits per heavy atom. The van der Waals surface area contributed by atoms with Gasteiger partial charge in [0.2, 0.25) is 0 Å². The number of anilines is 1. The smallest absolute Gasteiger partial charge is 0.0690 e. The number of para-hydroxylation sites is 1. The number of hydrogen-bond donors (Lipinski definition) is 2. The predicted octanol–water partition coefficient (Wildman–Crippen LogP) is 3.82. The highest BCUT2D eigenvalue weighted by Gasteiger charge is 2.51. The number of rotatable bonds is 3. The Hall–Kier alpha value is -1.53. The molecule has 4 aliphatic carbocycles. The van der Waals surface area contributed by atoms with Gasteiger partial charge in [-0.25, -0.2) is 0 Å². The van der Waals surface area contributed by atoms with Gasteiger partial charge < -0.3 is 10.4 Å². The van der Waals surface area contributed by atoms with Crippen LogP contribution in [0, 0.1) is 34.5 Å². The van der Waals surface area contributed by atoms with Crippen LogP contribution in [-0.2, 0) is 0 Å². The van der Waals surface area contributed by atoms with Crippen molar-refractivity contribution in [2.75, 3.05) is 18.5 Å². The van der Waals surface area contributed by atoms with Crippen molar-refractivity contribution in [1.82, 2.24) is 0 Å². The van der Waals surface area contributed by atoms with Crippen LogP contribution in [0.25, 0.3) is 0 Å². The minimum Gasteiger partial charge on any atom is -0.395 e. The van der Waals surface area contributed by atoms with Crippen molar-refractivity contribution in [3.05, 3.63) is 30.3 Å². The molecule has 0 aromatic heterocycles. The van der Waals surface area contributed by atoms with Crippen LogP contribution in [0.3, 0.4) is 0 Å². The van der Waals surface area contributed by atoms with E-state index in [9.17, 15) is 5.26 Å². The van der Waals surface area contributed by atoms with E-state index in [0.29, 0.717) is 6.54 Å². The summed E-state index contributed by atoms with van der Waals surface area (Å²) < 4.78 is 0. The van der Waals surface area contributed by atoms with Gasteiger partial charge in [-0.15, -0.1) is 0 Å². The second-order valence-corrected chi connectivity index (χ2v) is 7.33. The molecule has 4 aliphatic rings. The number of nitrogens with zero attached hydrogens (tertiary/aromatic N) is 1. The van der Waals surface area contributed by atoms with E-state index in [0.717, 1.165) is 23.4 Å². The molecule has 5 rings (SSSR count). The maximum absolute atomic E-state index is 9.18. The third-order valence-corrected chi connectivity index (χ3v) is 5.49. The fourth-order valence-corrected chi connectivity index (χ4v) is 5.00. The Morgan fingerprint density at radius 3 is 2.05 bits per heavy atom. The molecule has 4 bridgehead atoms. The topological polar surface area (TPSA) is 56.0 Å². The van der Waals surface area contributed by atoms with E-state index in [1.54, 1.807) is 0 Å². The van der Waals surface area contributed by atoms with Crippen LogP contribution in [-0.4, -0.2) is 18.3 Å². The maximum atomic E-state index is 9.18. The fraction of sp³-hybridized carbons (Fsp3) is 0.632. The van der Waals surface area contributed by atoms with Gasteiger partial charge in [0.1, 0.15) is 0 Å².